The fourth-order valence-electron chi connectivity index (χ4n) is 3.03. The number of aryl methyl sites for hydroxylation is 3. The summed E-state index contributed by atoms with van der Waals surface area (Å²) in [7, 11) is 0. The third kappa shape index (κ3) is 3.58. The summed E-state index contributed by atoms with van der Waals surface area (Å²) in [5, 5.41) is 5.86. The van der Waals surface area contributed by atoms with Gasteiger partial charge >= 0.3 is 0 Å². The SMILES string of the molecule is Cc1ccc(NC(=O)C2(C(=O)NCc3ccccc3C)CC2)c(C)c1. The Kier molecular flexibility index (Phi) is 4.62. The smallest absolute Gasteiger partial charge is 0.240 e. The Morgan fingerprint density at radius 1 is 0.960 bits per heavy atom. The number of hydrogen-bond acceptors (Lipinski definition) is 2. The molecular formula is C21H24N2O2. The Morgan fingerprint density at radius 2 is 1.68 bits per heavy atom. The van der Waals surface area contributed by atoms with Gasteiger partial charge < -0.3 is 10.6 Å². The number of carbonyl (C=O) groups is 2. The van der Waals surface area contributed by atoms with E-state index in [-0.39, 0.29) is 11.8 Å². The molecule has 1 aliphatic carbocycles. The largest absolute Gasteiger partial charge is 0.351 e. The second-order valence-electron chi connectivity index (χ2n) is 6.96. The van der Waals surface area contributed by atoms with Crippen LogP contribution in [0.5, 0.6) is 0 Å². The monoisotopic (exact) mass is 336 g/mol. The van der Waals surface area contributed by atoms with Crippen LogP contribution < -0.4 is 10.6 Å². The molecule has 2 aromatic carbocycles. The van der Waals surface area contributed by atoms with Gasteiger partial charge in [-0.3, -0.25) is 9.59 Å². The van der Waals surface area contributed by atoms with Crippen LogP contribution in [0.4, 0.5) is 5.69 Å². The summed E-state index contributed by atoms with van der Waals surface area (Å²) in [5.74, 6) is -0.389. The minimum Gasteiger partial charge on any atom is -0.351 e. The Morgan fingerprint density at radius 3 is 2.32 bits per heavy atom. The summed E-state index contributed by atoms with van der Waals surface area (Å²) in [6.07, 6.45) is 1.20. The van der Waals surface area contributed by atoms with Crippen LogP contribution >= 0.6 is 0 Å². The molecule has 25 heavy (non-hydrogen) atoms. The van der Waals surface area contributed by atoms with Gasteiger partial charge in [0.05, 0.1) is 0 Å². The van der Waals surface area contributed by atoms with Crippen LogP contribution in [0.15, 0.2) is 42.5 Å². The van der Waals surface area contributed by atoms with Gasteiger partial charge in [-0.15, -0.1) is 0 Å². The minimum atomic E-state index is -0.917. The van der Waals surface area contributed by atoms with Crippen LogP contribution in [0.1, 0.15) is 35.1 Å². The lowest BCUT2D eigenvalue weighted by Gasteiger charge is -2.17. The van der Waals surface area contributed by atoms with Gasteiger partial charge in [0.2, 0.25) is 11.8 Å². The lowest BCUT2D eigenvalue weighted by atomic mass is 10.0. The number of nitrogens with one attached hydrogen (secondary N) is 2. The molecule has 2 N–H and O–H groups in total. The number of rotatable bonds is 5. The van der Waals surface area contributed by atoms with Gasteiger partial charge in [-0.1, -0.05) is 42.0 Å². The molecule has 0 aliphatic heterocycles. The van der Waals surface area contributed by atoms with Gasteiger partial charge in [-0.05, 0) is 56.4 Å². The van der Waals surface area contributed by atoms with E-state index in [1.165, 1.54) is 0 Å². The maximum Gasteiger partial charge on any atom is 0.240 e. The predicted molar refractivity (Wildman–Crippen MR) is 99.2 cm³/mol. The maximum atomic E-state index is 12.7. The third-order valence-electron chi connectivity index (χ3n) is 4.95. The van der Waals surface area contributed by atoms with E-state index in [0.29, 0.717) is 19.4 Å². The molecule has 3 rings (SSSR count). The third-order valence-corrected chi connectivity index (χ3v) is 4.95. The number of carbonyl (C=O) groups excluding carboxylic acids is 2. The highest BCUT2D eigenvalue weighted by atomic mass is 16.2. The van der Waals surface area contributed by atoms with Crippen molar-refractivity contribution in [3.05, 3.63) is 64.7 Å². The summed E-state index contributed by atoms with van der Waals surface area (Å²) in [6, 6.07) is 13.8. The highest BCUT2D eigenvalue weighted by Gasteiger charge is 2.56. The van der Waals surface area contributed by atoms with E-state index in [9.17, 15) is 9.59 Å². The van der Waals surface area contributed by atoms with Crippen molar-refractivity contribution in [2.45, 2.75) is 40.2 Å². The van der Waals surface area contributed by atoms with Gasteiger partial charge in [0.25, 0.3) is 0 Å². The first kappa shape index (κ1) is 17.2. The highest BCUT2D eigenvalue weighted by molar-refractivity contribution is 6.13. The van der Waals surface area contributed by atoms with Crippen LogP contribution in [0, 0.1) is 26.2 Å². The van der Waals surface area contributed by atoms with E-state index in [1.807, 2.05) is 63.2 Å². The van der Waals surface area contributed by atoms with Gasteiger partial charge in [-0.2, -0.15) is 0 Å². The topological polar surface area (TPSA) is 58.2 Å². The average molecular weight is 336 g/mol. The van der Waals surface area contributed by atoms with Crippen molar-refractivity contribution in [2.24, 2.45) is 5.41 Å². The summed E-state index contributed by atoms with van der Waals surface area (Å²) in [5.41, 5.74) is 4.21. The van der Waals surface area contributed by atoms with E-state index in [4.69, 9.17) is 0 Å². The molecule has 2 amide bonds. The molecule has 0 spiro atoms. The average Bonchev–Trinajstić information content (AvgIpc) is 3.38. The van der Waals surface area contributed by atoms with E-state index >= 15 is 0 Å². The van der Waals surface area contributed by atoms with Crippen LogP contribution in [0.25, 0.3) is 0 Å². The molecule has 130 valence electrons. The first-order valence-electron chi connectivity index (χ1n) is 8.64. The van der Waals surface area contributed by atoms with Crippen LogP contribution in [-0.4, -0.2) is 11.8 Å². The number of benzene rings is 2. The van der Waals surface area contributed by atoms with Gasteiger partial charge in [0.15, 0.2) is 0 Å². The van der Waals surface area contributed by atoms with Crippen molar-refractivity contribution < 1.29 is 9.59 Å². The molecule has 0 heterocycles. The summed E-state index contributed by atoms with van der Waals surface area (Å²) in [4.78, 5) is 25.3. The van der Waals surface area contributed by atoms with Gasteiger partial charge in [0, 0.05) is 12.2 Å². The lowest BCUT2D eigenvalue weighted by molar-refractivity contribution is -0.134. The summed E-state index contributed by atoms with van der Waals surface area (Å²) in [6.45, 7) is 6.44. The standard InChI is InChI=1S/C21H24N2O2/c1-14-8-9-18(16(3)12-14)23-20(25)21(10-11-21)19(24)22-13-17-7-5-4-6-15(17)2/h4-9,12H,10-11,13H2,1-3H3,(H,22,24)(H,23,25). The summed E-state index contributed by atoms with van der Waals surface area (Å²) < 4.78 is 0. The number of anilines is 1. The second kappa shape index (κ2) is 6.71. The first-order valence-corrected chi connectivity index (χ1v) is 8.64. The predicted octanol–water partition coefficient (Wildman–Crippen LogP) is 3.65. The Labute approximate surface area is 148 Å². The van der Waals surface area contributed by atoms with E-state index < -0.39 is 5.41 Å². The molecule has 0 unspecified atom stereocenters. The van der Waals surface area contributed by atoms with Crippen molar-refractivity contribution in [1.29, 1.82) is 0 Å². The minimum absolute atomic E-state index is 0.182. The molecule has 1 fully saturated rings. The molecule has 0 bridgehead atoms. The zero-order chi connectivity index (χ0) is 18.0. The van der Waals surface area contributed by atoms with Crippen molar-refractivity contribution >= 4 is 17.5 Å². The van der Waals surface area contributed by atoms with Gasteiger partial charge in [0.1, 0.15) is 5.41 Å². The molecular weight excluding hydrogens is 312 g/mol. The molecule has 4 heteroatoms. The van der Waals surface area contributed by atoms with Crippen LogP contribution in [-0.2, 0) is 16.1 Å². The lowest BCUT2D eigenvalue weighted by Crippen LogP contribution is -2.39. The molecule has 4 nitrogen and oxygen atoms in total. The quantitative estimate of drug-likeness (QED) is 0.819. The van der Waals surface area contributed by atoms with Crippen molar-refractivity contribution in [3.63, 3.8) is 0 Å². The van der Waals surface area contributed by atoms with Crippen LogP contribution in [0.2, 0.25) is 0 Å². The molecule has 0 radical (unpaired) electrons. The number of hydrogen-bond donors (Lipinski definition) is 2. The van der Waals surface area contributed by atoms with Crippen molar-refractivity contribution in [3.8, 4) is 0 Å². The molecule has 0 saturated heterocycles. The molecule has 2 aromatic rings. The summed E-state index contributed by atoms with van der Waals surface area (Å²) >= 11 is 0. The first-order chi connectivity index (χ1) is 11.9. The maximum absolute atomic E-state index is 12.7. The Balaban J connectivity index is 1.65. The molecule has 0 aromatic heterocycles. The van der Waals surface area contributed by atoms with E-state index in [2.05, 4.69) is 10.6 Å². The highest BCUT2D eigenvalue weighted by Crippen LogP contribution is 2.47. The zero-order valence-electron chi connectivity index (χ0n) is 15.0. The fourth-order valence-corrected chi connectivity index (χ4v) is 3.03. The van der Waals surface area contributed by atoms with Crippen LogP contribution in [0.3, 0.4) is 0 Å². The molecule has 0 atom stereocenters. The van der Waals surface area contributed by atoms with Gasteiger partial charge in [-0.25, -0.2) is 0 Å². The Hall–Kier alpha value is -2.62. The number of amides is 2. The second-order valence-corrected chi connectivity index (χ2v) is 6.96. The Bertz CT molecular complexity index is 822. The van der Waals surface area contributed by atoms with Crippen molar-refractivity contribution in [2.75, 3.05) is 5.32 Å². The van der Waals surface area contributed by atoms with E-state index in [1.54, 1.807) is 0 Å². The fraction of sp³-hybridized carbons (Fsp3) is 0.333. The normalized spacial score (nSPS) is 14.7. The van der Waals surface area contributed by atoms with Crippen molar-refractivity contribution in [1.82, 2.24) is 5.32 Å². The molecule has 1 saturated carbocycles. The van der Waals surface area contributed by atoms with E-state index in [0.717, 1.165) is 27.9 Å². The molecule has 1 aliphatic rings. The zero-order valence-corrected chi connectivity index (χ0v) is 15.0.